The zero-order chi connectivity index (χ0) is 22.5. The first-order valence-corrected chi connectivity index (χ1v) is 10.9. The van der Waals surface area contributed by atoms with E-state index in [1.807, 2.05) is 67.6 Å². The maximum Gasteiger partial charge on any atom is 0.322 e. The first kappa shape index (κ1) is 27.2. The number of halogens is 2. The molecule has 1 saturated heterocycles. The number of nitrogens with two attached hydrogens (primary N) is 1. The van der Waals surface area contributed by atoms with Crippen LogP contribution in [0.3, 0.4) is 0 Å². The standard InChI is InChI=1S/C25H29N5O2.2ClH/c1-2-29-25(31)30(21-7-9-22(10-8-21)32-23-11-12-28-15-23)16-17-3-4-18-5-6-19(24(26)27)14-20(18)13-17;;/h3-10,13-14,23,28H,2,11-12,15-16H2,1H3,(H3,26,27)(H,29,31);2*1H. The van der Waals surface area contributed by atoms with Crippen LogP contribution in [0.2, 0.25) is 0 Å². The Balaban J connectivity index is 0.00000204. The van der Waals surface area contributed by atoms with E-state index in [0.717, 1.165) is 47.3 Å². The van der Waals surface area contributed by atoms with Crippen LogP contribution in [0.1, 0.15) is 24.5 Å². The number of amides is 2. The van der Waals surface area contributed by atoms with Gasteiger partial charge in [0.1, 0.15) is 17.7 Å². The largest absolute Gasteiger partial charge is 0.489 e. The van der Waals surface area contributed by atoms with E-state index in [1.54, 1.807) is 4.90 Å². The molecule has 1 fully saturated rings. The Bertz CT molecular complexity index is 1120. The number of ether oxygens (including phenoxy) is 1. The summed E-state index contributed by atoms with van der Waals surface area (Å²) in [6.45, 7) is 4.71. The van der Waals surface area contributed by atoms with Crippen LogP contribution in [-0.2, 0) is 6.54 Å². The van der Waals surface area contributed by atoms with E-state index in [-0.39, 0.29) is 42.8 Å². The number of hydrogen-bond donors (Lipinski definition) is 4. The van der Waals surface area contributed by atoms with Gasteiger partial charge in [-0.3, -0.25) is 10.3 Å². The second kappa shape index (κ2) is 12.5. The first-order valence-electron chi connectivity index (χ1n) is 10.9. The summed E-state index contributed by atoms with van der Waals surface area (Å²) >= 11 is 0. The fraction of sp³-hybridized carbons (Fsp3) is 0.280. The Morgan fingerprint density at radius 2 is 1.85 bits per heavy atom. The highest BCUT2D eigenvalue weighted by atomic mass is 35.5. The minimum absolute atomic E-state index is 0. The van der Waals surface area contributed by atoms with Crippen LogP contribution in [0.5, 0.6) is 5.75 Å². The van der Waals surface area contributed by atoms with Crippen molar-refractivity contribution in [1.82, 2.24) is 10.6 Å². The van der Waals surface area contributed by atoms with Crippen molar-refractivity contribution < 1.29 is 9.53 Å². The monoisotopic (exact) mass is 503 g/mol. The van der Waals surface area contributed by atoms with E-state index in [1.165, 1.54) is 0 Å². The number of hydrogen-bond acceptors (Lipinski definition) is 4. The highest BCUT2D eigenvalue weighted by molar-refractivity contribution is 5.99. The molecule has 0 aliphatic carbocycles. The third-order valence-corrected chi connectivity index (χ3v) is 5.60. The summed E-state index contributed by atoms with van der Waals surface area (Å²) in [4.78, 5) is 14.6. The molecule has 0 saturated carbocycles. The quantitative estimate of drug-likeness (QED) is 0.282. The summed E-state index contributed by atoms with van der Waals surface area (Å²) < 4.78 is 6.01. The smallest absolute Gasteiger partial charge is 0.322 e. The van der Waals surface area contributed by atoms with Crippen LogP contribution in [-0.4, -0.2) is 37.6 Å². The predicted molar refractivity (Wildman–Crippen MR) is 143 cm³/mol. The van der Waals surface area contributed by atoms with Gasteiger partial charge < -0.3 is 21.1 Å². The zero-order valence-electron chi connectivity index (χ0n) is 19.0. The van der Waals surface area contributed by atoms with Crippen molar-refractivity contribution in [3.63, 3.8) is 0 Å². The van der Waals surface area contributed by atoms with Gasteiger partial charge in [-0.15, -0.1) is 24.8 Å². The van der Waals surface area contributed by atoms with Gasteiger partial charge in [0.2, 0.25) is 0 Å². The second-order valence-electron chi connectivity index (χ2n) is 7.96. The fourth-order valence-electron chi connectivity index (χ4n) is 3.90. The van der Waals surface area contributed by atoms with E-state index in [4.69, 9.17) is 15.9 Å². The highest BCUT2D eigenvalue weighted by Gasteiger charge is 2.18. The van der Waals surface area contributed by atoms with Crippen molar-refractivity contribution in [3.8, 4) is 5.75 Å². The summed E-state index contributed by atoms with van der Waals surface area (Å²) in [5, 5.41) is 15.9. The number of fused-ring (bicyclic) bond motifs is 1. The number of benzene rings is 3. The van der Waals surface area contributed by atoms with Crippen molar-refractivity contribution in [3.05, 3.63) is 71.8 Å². The first-order chi connectivity index (χ1) is 15.5. The summed E-state index contributed by atoms with van der Waals surface area (Å²) in [6.07, 6.45) is 1.19. The molecule has 34 heavy (non-hydrogen) atoms. The molecule has 1 unspecified atom stereocenters. The minimum atomic E-state index is -0.154. The molecule has 9 heteroatoms. The zero-order valence-corrected chi connectivity index (χ0v) is 20.7. The molecule has 0 radical (unpaired) electrons. The molecule has 7 nitrogen and oxygen atoms in total. The van der Waals surface area contributed by atoms with Gasteiger partial charge in [-0.1, -0.05) is 24.3 Å². The lowest BCUT2D eigenvalue weighted by Gasteiger charge is -2.24. The summed E-state index contributed by atoms with van der Waals surface area (Å²) in [5.74, 6) is 0.845. The number of anilines is 1. The Morgan fingerprint density at radius 3 is 2.50 bits per heavy atom. The summed E-state index contributed by atoms with van der Waals surface area (Å²) in [5.41, 5.74) is 8.11. The van der Waals surface area contributed by atoms with Crippen molar-refractivity contribution >= 4 is 53.1 Å². The van der Waals surface area contributed by atoms with Crippen LogP contribution in [0.15, 0.2) is 60.7 Å². The molecule has 1 atom stereocenters. The number of nitrogen functional groups attached to an aromatic ring is 1. The number of nitrogens with one attached hydrogen (secondary N) is 3. The van der Waals surface area contributed by atoms with Gasteiger partial charge in [0, 0.05) is 24.3 Å². The average molecular weight is 504 g/mol. The Kier molecular flexibility index (Phi) is 9.98. The Hall–Kier alpha value is -3.00. The molecule has 3 aromatic rings. The highest BCUT2D eigenvalue weighted by Crippen LogP contribution is 2.25. The van der Waals surface area contributed by atoms with Gasteiger partial charge in [0.15, 0.2) is 0 Å². The maximum atomic E-state index is 12.8. The molecule has 1 aliphatic rings. The van der Waals surface area contributed by atoms with Crippen molar-refractivity contribution in [2.45, 2.75) is 26.0 Å². The van der Waals surface area contributed by atoms with Crippen molar-refractivity contribution in [1.29, 1.82) is 5.41 Å². The van der Waals surface area contributed by atoms with Gasteiger partial charge in [0.25, 0.3) is 0 Å². The van der Waals surface area contributed by atoms with Crippen molar-refractivity contribution in [2.75, 3.05) is 24.5 Å². The lowest BCUT2D eigenvalue weighted by atomic mass is 10.0. The molecule has 182 valence electrons. The van der Waals surface area contributed by atoms with Gasteiger partial charge in [0.05, 0.1) is 6.54 Å². The molecule has 0 spiro atoms. The van der Waals surface area contributed by atoms with Crippen LogP contribution in [0, 0.1) is 5.41 Å². The number of carbonyl (C=O) groups excluding carboxylic acids is 1. The molecule has 1 heterocycles. The molecule has 5 N–H and O–H groups in total. The molecule has 0 bridgehead atoms. The maximum absolute atomic E-state index is 12.8. The Morgan fingerprint density at radius 1 is 1.12 bits per heavy atom. The van der Waals surface area contributed by atoms with E-state index in [2.05, 4.69) is 10.6 Å². The van der Waals surface area contributed by atoms with Crippen LogP contribution >= 0.6 is 24.8 Å². The SMILES string of the molecule is CCNC(=O)N(Cc1ccc2ccc(C(=N)N)cc2c1)c1ccc(OC2CCNC2)cc1.Cl.Cl. The van der Waals surface area contributed by atoms with Gasteiger partial charge in [-0.2, -0.15) is 0 Å². The number of rotatable bonds is 7. The Labute approximate surface area is 212 Å². The fourth-order valence-corrected chi connectivity index (χ4v) is 3.90. The average Bonchev–Trinajstić information content (AvgIpc) is 3.31. The van der Waals surface area contributed by atoms with Crippen LogP contribution in [0.4, 0.5) is 10.5 Å². The minimum Gasteiger partial charge on any atom is -0.489 e. The number of urea groups is 1. The second-order valence-corrected chi connectivity index (χ2v) is 7.96. The molecular formula is C25H31Cl2N5O2. The third-order valence-electron chi connectivity index (χ3n) is 5.60. The van der Waals surface area contributed by atoms with Crippen LogP contribution in [0.25, 0.3) is 10.8 Å². The summed E-state index contributed by atoms with van der Waals surface area (Å²) in [7, 11) is 0. The predicted octanol–water partition coefficient (Wildman–Crippen LogP) is 4.44. The lowest BCUT2D eigenvalue weighted by molar-refractivity contribution is 0.223. The third kappa shape index (κ3) is 6.53. The molecule has 0 aromatic heterocycles. The van der Waals surface area contributed by atoms with E-state index in [0.29, 0.717) is 18.7 Å². The van der Waals surface area contributed by atoms with Crippen LogP contribution < -0.4 is 26.0 Å². The van der Waals surface area contributed by atoms with Gasteiger partial charge >= 0.3 is 6.03 Å². The van der Waals surface area contributed by atoms with E-state index >= 15 is 0 Å². The molecule has 3 aromatic carbocycles. The number of amidine groups is 1. The topological polar surface area (TPSA) is 103 Å². The van der Waals surface area contributed by atoms with E-state index < -0.39 is 0 Å². The van der Waals surface area contributed by atoms with E-state index in [9.17, 15) is 4.79 Å². The number of carbonyl (C=O) groups is 1. The van der Waals surface area contributed by atoms with Gasteiger partial charge in [-0.05, 0) is 72.6 Å². The summed E-state index contributed by atoms with van der Waals surface area (Å²) in [6, 6.07) is 19.3. The lowest BCUT2D eigenvalue weighted by Crippen LogP contribution is -2.39. The van der Waals surface area contributed by atoms with Crippen molar-refractivity contribution in [2.24, 2.45) is 5.73 Å². The molecule has 1 aliphatic heterocycles. The van der Waals surface area contributed by atoms with Gasteiger partial charge in [-0.25, -0.2) is 4.79 Å². The molecular weight excluding hydrogens is 473 g/mol. The molecule has 4 rings (SSSR count). The number of nitrogens with zero attached hydrogens (tertiary/aromatic N) is 1. The normalized spacial score (nSPS) is 14.6. The molecule has 2 amide bonds.